The molecule has 0 aliphatic rings. The lowest BCUT2D eigenvalue weighted by molar-refractivity contribution is -0.131. The number of hydrogen-bond donors (Lipinski definition) is 1. The number of ether oxygens (including phenoxy) is 1. The number of fused-ring (bicyclic) bond motifs is 1. The fourth-order valence-electron chi connectivity index (χ4n) is 1.18. The molecule has 0 fully saturated rings. The molecule has 0 unspecified atom stereocenters. The highest BCUT2D eigenvalue weighted by molar-refractivity contribution is 7.21. The molecule has 0 amide bonds. The van der Waals surface area contributed by atoms with Crippen LogP contribution in [0.5, 0.6) is 5.06 Å². The van der Waals surface area contributed by atoms with Crippen molar-refractivity contribution in [1.82, 2.24) is 4.98 Å². The molecule has 6 heteroatoms. The molecular formula is C9H7ClN2O2S. The van der Waals surface area contributed by atoms with E-state index in [-0.39, 0.29) is 0 Å². The van der Waals surface area contributed by atoms with Crippen LogP contribution >= 0.6 is 22.9 Å². The number of esters is 1. The molecule has 0 saturated carbocycles. The van der Waals surface area contributed by atoms with E-state index in [2.05, 4.69) is 4.98 Å². The van der Waals surface area contributed by atoms with Crippen molar-refractivity contribution in [2.24, 2.45) is 0 Å². The summed E-state index contributed by atoms with van der Waals surface area (Å²) in [7, 11) is 0. The molecule has 0 aliphatic carbocycles. The summed E-state index contributed by atoms with van der Waals surface area (Å²) in [6, 6.07) is 1.65. The first-order valence-corrected chi connectivity index (χ1v) is 5.29. The molecule has 0 saturated heterocycles. The quantitative estimate of drug-likeness (QED) is 0.616. The number of thiophene rings is 1. The molecule has 0 aromatic carbocycles. The van der Waals surface area contributed by atoms with Crippen molar-refractivity contribution < 1.29 is 9.53 Å². The van der Waals surface area contributed by atoms with Crippen molar-refractivity contribution in [3.63, 3.8) is 0 Å². The number of rotatable bonds is 1. The number of carbonyl (C=O) groups is 1. The summed E-state index contributed by atoms with van der Waals surface area (Å²) in [4.78, 5) is 14.7. The van der Waals surface area contributed by atoms with E-state index in [1.807, 2.05) is 0 Å². The lowest BCUT2D eigenvalue weighted by Gasteiger charge is -1.97. The van der Waals surface area contributed by atoms with E-state index >= 15 is 0 Å². The van der Waals surface area contributed by atoms with Crippen LogP contribution in [0.1, 0.15) is 6.92 Å². The number of nitrogen functional groups attached to an aromatic ring is 1. The van der Waals surface area contributed by atoms with Gasteiger partial charge in [0.25, 0.3) is 0 Å². The van der Waals surface area contributed by atoms with Gasteiger partial charge in [0.1, 0.15) is 5.15 Å². The third-order valence-electron chi connectivity index (χ3n) is 1.78. The predicted molar refractivity (Wildman–Crippen MR) is 60.4 cm³/mol. The minimum atomic E-state index is -0.396. The van der Waals surface area contributed by atoms with Crippen LogP contribution in [0.2, 0.25) is 5.15 Å². The summed E-state index contributed by atoms with van der Waals surface area (Å²) in [5.41, 5.74) is 6.23. The molecule has 0 bridgehead atoms. The maximum absolute atomic E-state index is 10.8. The lowest BCUT2D eigenvalue weighted by atomic mass is 10.3. The molecular weight excluding hydrogens is 236 g/mol. The van der Waals surface area contributed by atoms with Gasteiger partial charge in [-0.1, -0.05) is 22.9 Å². The second-order valence-corrected chi connectivity index (χ2v) is 4.30. The van der Waals surface area contributed by atoms with Gasteiger partial charge in [0.2, 0.25) is 5.06 Å². The first kappa shape index (κ1) is 10.2. The molecule has 0 aliphatic heterocycles. The Morgan fingerprint density at radius 3 is 3.07 bits per heavy atom. The highest BCUT2D eigenvalue weighted by atomic mass is 35.5. The van der Waals surface area contributed by atoms with Gasteiger partial charge in [0.05, 0.1) is 10.4 Å². The molecule has 2 aromatic rings. The third-order valence-corrected chi connectivity index (χ3v) is 3.02. The molecule has 78 valence electrons. The Bertz CT molecular complexity index is 538. The maximum atomic E-state index is 10.8. The van der Waals surface area contributed by atoms with Gasteiger partial charge in [0.15, 0.2) is 0 Å². The number of halogens is 1. The van der Waals surface area contributed by atoms with Crippen molar-refractivity contribution in [1.29, 1.82) is 0 Å². The minimum Gasteiger partial charge on any atom is -0.413 e. The number of anilines is 1. The zero-order valence-electron chi connectivity index (χ0n) is 7.78. The summed E-state index contributed by atoms with van der Waals surface area (Å²) < 4.78 is 5.79. The monoisotopic (exact) mass is 242 g/mol. The number of nitrogens with two attached hydrogens (primary N) is 1. The van der Waals surface area contributed by atoms with Crippen LogP contribution in [0.25, 0.3) is 10.1 Å². The fraction of sp³-hybridized carbons (Fsp3) is 0.111. The van der Waals surface area contributed by atoms with Gasteiger partial charge in [-0.3, -0.25) is 4.79 Å². The molecule has 2 aromatic heterocycles. The zero-order chi connectivity index (χ0) is 11.0. The summed E-state index contributed by atoms with van der Waals surface area (Å²) >= 11 is 7.01. The predicted octanol–water partition coefficient (Wildman–Crippen LogP) is 2.46. The van der Waals surface area contributed by atoms with E-state index in [1.54, 1.807) is 12.3 Å². The van der Waals surface area contributed by atoms with Gasteiger partial charge in [0, 0.05) is 18.5 Å². The highest BCUT2D eigenvalue weighted by Gasteiger charge is 2.12. The first-order valence-electron chi connectivity index (χ1n) is 4.10. The molecule has 2 heterocycles. The van der Waals surface area contributed by atoms with Crippen LogP contribution < -0.4 is 10.5 Å². The highest BCUT2D eigenvalue weighted by Crippen LogP contribution is 2.40. The molecule has 2 N–H and O–H groups in total. The fourth-order valence-corrected chi connectivity index (χ4v) is 2.30. The molecule has 2 rings (SSSR count). The number of aromatic nitrogens is 1. The van der Waals surface area contributed by atoms with Gasteiger partial charge >= 0.3 is 5.97 Å². The minimum absolute atomic E-state index is 0.362. The van der Waals surface area contributed by atoms with Crippen LogP contribution in [0.15, 0.2) is 12.3 Å². The second kappa shape index (κ2) is 3.67. The number of pyridine rings is 1. The van der Waals surface area contributed by atoms with E-state index in [0.29, 0.717) is 15.9 Å². The van der Waals surface area contributed by atoms with Gasteiger partial charge in [-0.05, 0) is 6.07 Å². The second-order valence-electron chi connectivity index (χ2n) is 2.90. The van der Waals surface area contributed by atoms with Crippen LogP contribution in [0.4, 0.5) is 5.69 Å². The Hall–Kier alpha value is -1.33. The van der Waals surface area contributed by atoms with Crippen molar-refractivity contribution in [3.8, 4) is 5.06 Å². The first-order chi connectivity index (χ1) is 7.08. The average molecular weight is 243 g/mol. The van der Waals surface area contributed by atoms with Gasteiger partial charge in [-0.2, -0.15) is 0 Å². The summed E-state index contributed by atoms with van der Waals surface area (Å²) in [5.74, 6) is -0.396. The summed E-state index contributed by atoms with van der Waals surface area (Å²) in [6.45, 7) is 1.33. The van der Waals surface area contributed by atoms with Crippen LogP contribution in [-0.4, -0.2) is 11.0 Å². The van der Waals surface area contributed by atoms with Crippen LogP contribution in [-0.2, 0) is 4.79 Å². The summed E-state index contributed by atoms with van der Waals surface area (Å²) in [6.07, 6.45) is 1.60. The Labute approximate surface area is 94.6 Å². The van der Waals surface area contributed by atoms with Crippen LogP contribution in [0.3, 0.4) is 0 Å². The van der Waals surface area contributed by atoms with Crippen LogP contribution in [0, 0.1) is 0 Å². The van der Waals surface area contributed by atoms with E-state index in [9.17, 15) is 4.79 Å². The Balaban J connectivity index is 2.59. The Morgan fingerprint density at radius 1 is 1.67 bits per heavy atom. The Morgan fingerprint density at radius 2 is 2.40 bits per heavy atom. The van der Waals surface area contributed by atoms with Gasteiger partial charge in [-0.15, -0.1) is 0 Å². The zero-order valence-corrected chi connectivity index (χ0v) is 9.35. The molecule has 4 nitrogen and oxygen atoms in total. The maximum Gasteiger partial charge on any atom is 0.308 e. The number of hydrogen-bond acceptors (Lipinski definition) is 5. The number of carbonyl (C=O) groups excluding carboxylic acids is 1. The molecule has 0 radical (unpaired) electrons. The van der Waals surface area contributed by atoms with Crippen molar-refractivity contribution in [2.45, 2.75) is 6.92 Å². The van der Waals surface area contributed by atoms with E-state index in [4.69, 9.17) is 22.1 Å². The van der Waals surface area contributed by atoms with Gasteiger partial charge in [-0.25, -0.2) is 4.98 Å². The smallest absolute Gasteiger partial charge is 0.308 e. The normalized spacial score (nSPS) is 10.5. The number of nitrogens with zero attached hydrogens (tertiary/aromatic N) is 1. The summed E-state index contributed by atoms with van der Waals surface area (Å²) in [5, 5.41) is 1.51. The largest absolute Gasteiger partial charge is 0.413 e. The third kappa shape index (κ3) is 1.88. The average Bonchev–Trinajstić information content (AvgIpc) is 2.44. The molecule has 0 atom stereocenters. The lowest BCUT2D eigenvalue weighted by Crippen LogP contribution is -2.01. The standard InChI is InChI=1S/C9H7ClN2O2S/c1-4(13)14-9-8(11)5-2-7(10)12-3-6(5)15-9/h2-3H,11H2,1H3. The van der Waals surface area contributed by atoms with Crippen molar-refractivity contribution in [2.75, 3.05) is 5.73 Å². The molecule has 15 heavy (non-hydrogen) atoms. The SMILES string of the molecule is CC(=O)Oc1sc2cnc(Cl)cc2c1N. The molecule has 0 spiro atoms. The van der Waals surface area contributed by atoms with Gasteiger partial charge < -0.3 is 10.5 Å². The Kier molecular flexibility index (Phi) is 2.50. The van der Waals surface area contributed by atoms with E-state index in [0.717, 1.165) is 10.1 Å². The van der Waals surface area contributed by atoms with E-state index < -0.39 is 5.97 Å². The topological polar surface area (TPSA) is 65.2 Å². The van der Waals surface area contributed by atoms with Crippen molar-refractivity contribution >= 4 is 44.7 Å². The van der Waals surface area contributed by atoms with Crippen molar-refractivity contribution in [3.05, 3.63) is 17.4 Å². The van der Waals surface area contributed by atoms with E-state index in [1.165, 1.54) is 18.3 Å².